The number of carbonyl (C=O) groups is 1. The van der Waals surface area contributed by atoms with E-state index in [0.29, 0.717) is 47.3 Å². The third kappa shape index (κ3) is 6.51. The van der Waals surface area contributed by atoms with E-state index >= 15 is 0 Å². The molecule has 6 rings (SSSR count). The molecule has 4 aromatic rings. The van der Waals surface area contributed by atoms with Crippen molar-refractivity contribution in [3.05, 3.63) is 108 Å². The summed E-state index contributed by atoms with van der Waals surface area (Å²) in [6, 6.07) is 29.0. The van der Waals surface area contributed by atoms with Gasteiger partial charge in [0.15, 0.2) is 5.78 Å². The van der Waals surface area contributed by atoms with Gasteiger partial charge in [0.1, 0.15) is 59.9 Å². The van der Waals surface area contributed by atoms with Gasteiger partial charge in [-0.3, -0.25) is 4.79 Å². The number of hydrogen-bond donors (Lipinski definition) is 0. The summed E-state index contributed by atoms with van der Waals surface area (Å²) in [4.78, 5) is 13.0. The van der Waals surface area contributed by atoms with Gasteiger partial charge in [-0.1, -0.05) is 0 Å². The van der Waals surface area contributed by atoms with Crippen LogP contribution in [0.3, 0.4) is 0 Å². The Bertz CT molecular complexity index is 1250. The lowest BCUT2D eigenvalue weighted by Crippen LogP contribution is -2.03. The van der Waals surface area contributed by atoms with E-state index in [0.717, 1.165) is 24.7 Å². The fourth-order valence-corrected chi connectivity index (χ4v) is 3.70. The van der Waals surface area contributed by atoms with E-state index in [9.17, 15) is 4.79 Å². The highest BCUT2D eigenvalue weighted by Gasteiger charge is 2.23. The quantitative estimate of drug-likeness (QED) is 0.169. The van der Waals surface area contributed by atoms with Crippen molar-refractivity contribution in [2.24, 2.45) is 0 Å². The van der Waals surface area contributed by atoms with Crippen molar-refractivity contribution in [1.82, 2.24) is 0 Å². The maximum Gasteiger partial charge on any atom is 0.193 e. The molecule has 7 nitrogen and oxygen atoms in total. The van der Waals surface area contributed by atoms with Crippen LogP contribution in [0, 0.1) is 0 Å². The maximum atomic E-state index is 13.0. The van der Waals surface area contributed by atoms with Gasteiger partial charge in [-0.25, -0.2) is 0 Å². The van der Waals surface area contributed by atoms with Crippen LogP contribution in [0.15, 0.2) is 97.1 Å². The van der Waals surface area contributed by atoms with Gasteiger partial charge in [0, 0.05) is 11.1 Å². The summed E-state index contributed by atoms with van der Waals surface area (Å²) in [6.07, 6.45) is 0.435. The first kappa shape index (κ1) is 24.0. The Balaban J connectivity index is 1.01. The number of carbonyl (C=O) groups excluding carboxylic acids is 1. The number of ketones is 1. The Morgan fingerprint density at radius 1 is 0.526 bits per heavy atom. The lowest BCUT2D eigenvalue weighted by molar-refractivity contribution is 0.103. The van der Waals surface area contributed by atoms with Crippen LogP contribution in [0.1, 0.15) is 15.9 Å². The predicted octanol–water partition coefficient (Wildman–Crippen LogP) is 6.06. The minimum absolute atomic E-state index is 0.0783. The smallest absolute Gasteiger partial charge is 0.193 e. The van der Waals surface area contributed by atoms with Gasteiger partial charge in [0.2, 0.25) is 0 Å². The van der Waals surface area contributed by atoms with Crippen molar-refractivity contribution in [3.8, 4) is 34.5 Å². The van der Waals surface area contributed by atoms with Gasteiger partial charge in [0.05, 0.1) is 13.2 Å². The first-order chi connectivity index (χ1) is 18.7. The lowest BCUT2D eigenvalue weighted by atomic mass is 10.0. The second kappa shape index (κ2) is 11.0. The Hall–Kier alpha value is -4.33. The third-order valence-corrected chi connectivity index (χ3v) is 6.03. The molecule has 2 atom stereocenters. The van der Waals surface area contributed by atoms with Crippen molar-refractivity contribution in [2.45, 2.75) is 12.2 Å². The average molecular weight is 511 g/mol. The molecule has 0 radical (unpaired) electrons. The van der Waals surface area contributed by atoms with Crippen LogP contribution in [-0.2, 0) is 9.47 Å². The normalized spacial score (nSPS) is 17.4. The van der Waals surface area contributed by atoms with Crippen molar-refractivity contribution in [2.75, 3.05) is 26.4 Å². The second-order valence-electron chi connectivity index (χ2n) is 9.06. The summed E-state index contributed by atoms with van der Waals surface area (Å²) in [5, 5.41) is 0. The lowest BCUT2D eigenvalue weighted by Gasteiger charge is -2.09. The molecule has 4 aromatic carbocycles. The van der Waals surface area contributed by atoms with E-state index in [2.05, 4.69) is 0 Å². The monoisotopic (exact) mass is 510 g/mol. The van der Waals surface area contributed by atoms with E-state index in [1.54, 1.807) is 48.5 Å². The Morgan fingerprint density at radius 3 is 1.13 bits per heavy atom. The van der Waals surface area contributed by atoms with Crippen LogP contribution in [0.4, 0.5) is 0 Å². The van der Waals surface area contributed by atoms with E-state index in [-0.39, 0.29) is 18.0 Å². The predicted molar refractivity (Wildman–Crippen MR) is 140 cm³/mol. The topological polar surface area (TPSA) is 79.1 Å². The number of ether oxygens (including phenoxy) is 6. The summed E-state index contributed by atoms with van der Waals surface area (Å²) in [5.74, 6) is 4.12. The molecule has 2 saturated heterocycles. The molecule has 0 saturated carbocycles. The third-order valence-electron chi connectivity index (χ3n) is 6.03. The second-order valence-corrected chi connectivity index (χ2v) is 9.06. The van der Waals surface area contributed by atoms with Gasteiger partial charge < -0.3 is 28.4 Å². The van der Waals surface area contributed by atoms with E-state index < -0.39 is 0 Å². The minimum Gasteiger partial charge on any atom is -0.491 e. The molecule has 0 aliphatic carbocycles. The Labute approximate surface area is 220 Å². The zero-order valence-electron chi connectivity index (χ0n) is 20.6. The largest absolute Gasteiger partial charge is 0.491 e. The summed E-state index contributed by atoms with van der Waals surface area (Å²) in [6.45, 7) is 2.66. The highest BCUT2D eigenvalue weighted by molar-refractivity contribution is 6.09. The molecule has 0 spiro atoms. The molecular weight excluding hydrogens is 484 g/mol. The van der Waals surface area contributed by atoms with Crippen LogP contribution in [0.2, 0.25) is 0 Å². The van der Waals surface area contributed by atoms with Crippen LogP contribution in [0.5, 0.6) is 34.5 Å². The highest BCUT2D eigenvalue weighted by atomic mass is 16.6. The van der Waals surface area contributed by atoms with E-state index in [1.165, 1.54) is 0 Å². The van der Waals surface area contributed by atoms with Gasteiger partial charge >= 0.3 is 0 Å². The standard InChI is InChI=1S/C31H26O7/c32-31(21-1-5-25(6-2-21)37-27-13-9-23(10-14-27)33-17-29-19-35-29)22-3-7-26(8-4-22)38-28-15-11-24(12-16-28)34-18-30-20-36-30/h1-16,29-30H,17-20H2. The van der Waals surface area contributed by atoms with Gasteiger partial charge in [-0.15, -0.1) is 0 Å². The zero-order valence-corrected chi connectivity index (χ0v) is 20.6. The van der Waals surface area contributed by atoms with Crippen LogP contribution < -0.4 is 18.9 Å². The summed E-state index contributed by atoms with van der Waals surface area (Å²) >= 11 is 0. The highest BCUT2D eigenvalue weighted by Crippen LogP contribution is 2.27. The SMILES string of the molecule is O=C(c1ccc(Oc2ccc(OCC3CO3)cc2)cc1)c1ccc(Oc2ccc(OCC3CO3)cc2)cc1. The molecule has 2 fully saturated rings. The van der Waals surface area contributed by atoms with Crippen molar-refractivity contribution < 1.29 is 33.2 Å². The molecule has 192 valence electrons. The molecule has 0 amide bonds. The molecule has 2 aliphatic heterocycles. The molecule has 0 bridgehead atoms. The number of benzene rings is 4. The zero-order chi connectivity index (χ0) is 25.7. The van der Waals surface area contributed by atoms with Gasteiger partial charge in [-0.05, 0) is 97.1 Å². The van der Waals surface area contributed by atoms with Gasteiger partial charge in [-0.2, -0.15) is 0 Å². The Morgan fingerprint density at radius 2 is 0.816 bits per heavy atom. The summed E-state index contributed by atoms with van der Waals surface area (Å²) in [7, 11) is 0. The van der Waals surface area contributed by atoms with Crippen molar-refractivity contribution >= 4 is 5.78 Å². The van der Waals surface area contributed by atoms with Crippen LogP contribution in [-0.4, -0.2) is 44.4 Å². The molecule has 2 heterocycles. The summed E-state index contributed by atoms with van der Waals surface area (Å²) in [5.41, 5.74) is 1.15. The number of epoxide rings is 2. The van der Waals surface area contributed by atoms with E-state index in [1.807, 2.05) is 48.5 Å². The fraction of sp³-hybridized carbons (Fsp3) is 0.194. The molecule has 0 N–H and O–H groups in total. The first-order valence-electron chi connectivity index (χ1n) is 12.5. The summed E-state index contributed by atoms with van der Waals surface area (Å²) < 4.78 is 33.4. The molecule has 2 aliphatic rings. The Kier molecular flexibility index (Phi) is 6.93. The average Bonchev–Trinajstić information content (AvgIpc) is 3.89. The maximum absolute atomic E-state index is 13.0. The first-order valence-corrected chi connectivity index (χ1v) is 12.5. The minimum atomic E-state index is -0.0783. The molecule has 38 heavy (non-hydrogen) atoms. The molecular formula is C31H26O7. The van der Waals surface area contributed by atoms with Crippen molar-refractivity contribution in [1.29, 1.82) is 0 Å². The number of rotatable bonds is 12. The molecule has 7 heteroatoms. The van der Waals surface area contributed by atoms with Crippen LogP contribution >= 0.6 is 0 Å². The number of hydrogen-bond acceptors (Lipinski definition) is 7. The van der Waals surface area contributed by atoms with Crippen LogP contribution in [0.25, 0.3) is 0 Å². The van der Waals surface area contributed by atoms with E-state index in [4.69, 9.17) is 28.4 Å². The fourth-order valence-electron chi connectivity index (χ4n) is 3.70. The molecule has 2 unspecified atom stereocenters. The van der Waals surface area contributed by atoms with Gasteiger partial charge in [0.25, 0.3) is 0 Å². The molecule has 0 aromatic heterocycles. The van der Waals surface area contributed by atoms with Crippen molar-refractivity contribution in [3.63, 3.8) is 0 Å².